The van der Waals surface area contributed by atoms with Gasteiger partial charge >= 0.3 is 5.97 Å². The lowest BCUT2D eigenvalue weighted by atomic mass is 10.2. The Morgan fingerprint density at radius 1 is 1.17 bits per heavy atom. The van der Waals surface area contributed by atoms with Gasteiger partial charge in [0.2, 0.25) is 5.95 Å². The van der Waals surface area contributed by atoms with E-state index in [0.29, 0.717) is 46.4 Å². The molecule has 0 unspecified atom stereocenters. The van der Waals surface area contributed by atoms with Crippen molar-refractivity contribution in [1.82, 2.24) is 34.8 Å². The number of esters is 1. The molecule has 1 fully saturated rings. The standard InChI is InChI=1S/C23H23N9O3/c1-34-22(33)15-3-2-4-16-18(15)28-17(27-16)11-25-20-19-21(32(13-26-19)14-5-10-35-12-14)30-23(29-20)31-8-6-24-7-9-31/h2-5,10,12-13,24H,6-9,11H2,1H3,(H,27,28)(H,25,29,30). The summed E-state index contributed by atoms with van der Waals surface area (Å²) in [4.78, 5) is 36.4. The number of aromatic nitrogens is 6. The summed E-state index contributed by atoms with van der Waals surface area (Å²) in [5.74, 6) is 1.45. The molecule has 0 saturated carbocycles. The van der Waals surface area contributed by atoms with E-state index in [1.54, 1.807) is 31.0 Å². The molecule has 0 amide bonds. The van der Waals surface area contributed by atoms with E-state index in [1.807, 2.05) is 16.7 Å². The number of ether oxygens (including phenoxy) is 1. The van der Waals surface area contributed by atoms with Crippen LogP contribution in [0.5, 0.6) is 0 Å². The van der Waals surface area contributed by atoms with Crippen molar-refractivity contribution in [3.63, 3.8) is 0 Å². The first-order valence-electron chi connectivity index (χ1n) is 11.2. The Morgan fingerprint density at radius 2 is 2.06 bits per heavy atom. The van der Waals surface area contributed by atoms with Gasteiger partial charge in [0.05, 0.1) is 36.7 Å². The molecular formula is C23H23N9O3. The molecule has 0 radical (unpaired) electrons. The first kappa shape index (κ1) is 21.1. The average molecular weight is 473 g/mol. The minimum absolute atomic E-state index is 0.348. The average Bonchev–Trinajstić information content (AvgIpc) is 3.66. The van der Waals surface area contributed by atoms with Crippen molar-refractivity contribution in [2.75, 3.05) is 43.5 Å². The van der Waals surface area contributed by atoms with E-state index < -0.39 is 5.97 Å². The second kappa shape index (κ2) is 8.72. The number of carbonyl (C=O) groups excluding carboxylic acids is 1. The lowest BCUT2D eigenvalue weighted by Gasteiger charge is -2.27. The van der Waals surface area contributed by atoms with Gasteiger partial charge in [-0.2, -0.15) is 9.97 Å². The van der Waals surface area contributed by atoms with Crippen molar-refractivity contribution in [3.8, 4) is 5.69 Å². The zero-order valence-corrected chi connectivity index (χ0v) is 19.0. The van der Waals surface area contributed by atoms with Crippen LogP contribution in [-0.2, 0) is 11.3 Å². The minimum atomic E-state index is -0.426. The summed E-state index contributed by atoms with van der Waals surface area (Å²) in [7, 11) is 1.36. The Bertz CT molecular complexity index is 1500. The number of hydrogen-bond acceptors (Lipinski definition) is 10. The van der Waals surface area contributed by atoms with Gasteiger partial charge < -0.3 is 29.7 Å². The molecule has 0 bridgehead atoms. The molecule has 35 heavy (non-hydrogen) atoms. The molecule has 5 heterocycles. The van der Waals surface area contributed by atoms with Crippen LogP contribution < -0.4 is 15.5 Å². The van der Waals surface area contributed by atoms with Gasteiger partial charge in [-0.25, -0.2) is 14.8 Å². The third-order valence-electron chi connectivity index (χ3n) is 5.96. The number of furan rings is 1. The number of carbonyl (C=O) groups is 1. The Balaban J connectivity index is 1.37. The van der Waals surface area contributed by atoms with Crippen LogP contribution >= 0.6 is 0 Å². The van der Waals surface area contributed by atoms with Crippen molar-refractivity contribution in [2.45, 2.75) is 6.54 Å². The van der Waals surface area contributed by atoms with E-state index in [-0.39, 0.29) is 0 Å². The van der Waals surface area contributed by atoms with Gasteiger partial charge in [-0.15, -0.1) is 0 Å². The summed E-state index contributed by atoms with van der Waals surface area (Å²) in [6, 6.07) is 7.22. The number of nitrogens with zero attached hydrogens (tertiary/aromatic N) is 6. The lowest BCUT2D eigenvalue weighted by molar-refractivity contribution is 0.0603. The maximum absolute atomic E-state index is 12.1. The number of piperazine rings is 1. The lowest BCUT2D eigenvalue weighted by Crippen LogP contribution is -2.44. The number of nitrogens with one attached hydrogen (secondary N) is 3. The quantitative estimate of drug-likeness (QED) is 0.314. The highest BCUT2D eigenvalue weighted by Gasteiger charge is 2.20. The monoisotopic (exact) mass is 473 g/mol. The van der Waals surface area contributed by atoms with Crippen LogP contribution in [0.1, 0.15) is 16.2 Å². The third-order valence-corrected chi connectivity index (χ3v) is 5.96. The number of methoxy groups -OCH3 is 1. The molecule has 3 N–H and O–H groups in total. The molecule has 0 aliphatic carbocycles. The van der Waals surface area contributed by atoms with Crippen molar-refractivity contribution in [3.05, 3.63) is 54.5 Å². The molecule has 12 heteroatoms. The van der Waals surface area contributed by atoms with Crippen molar-refractivity contribution < 1.29 is 13.9 Å². The highest BCUT2D eigenvalue weighted by Crippen LogP contribution is 2.26. The number of aromatic amines is 1. The number of benzene rings is 1. The maximum Gasteiger partial charge on any atom is 0.340 e. The van der Waals surface area contributed by atoms with Gasteiger partial charge in [-0.3, -0.25) is 4.57 Å². The second-order valence-electron chi connectivity index (χ2n) is 8.11. The van der Waals surface area contributed by atoms with Crippen molar-refractivity contribution in [2.24, 2.45) is 0 Å². The predicted octanol–water partition coefficient (Wildman–Crippen LogP) is 2.09. The van der Waals surface area contributed by atoms with E-state index in [4.69, 9.17) is 19.1 Å². The maximum atomic E-state index is 12.1. The van der Waals surface area contributed by atoms with Gasteiger partial charge in [0.1, 0.15) is 23.9 Å². The smallest absolute Gasteiger partial charge is 0.340 e. The SMILES string of the molecule is COC(=O)c1cccc2[nH]c(CNc3nc(N4CCNCC4)nc4c3ncn4-c3ccoc3)nc12. The van der Waals surface area contributed by atoms with Crippen LogP contribution in [0.15, 0.2) is 47.5 Å². The van der Waals surface area contributed by atoms with Crippen LogP contribution in [0.25, 0.3) is 27.9 Å². The van der Waals surface area contributed by atoms with Gasteiger partial charge in [0.15, 0.2) is 17.0 Å². The number of imidazole rings is 2. The van der Waals surface area contributed by atoms with Crippen LogP contribution in [0.2, 0.25) is 0 Å². The molecule has 6 rings (SSSR count). The Morgan fingerprint density at radius 3 is 2.86 bits per heavy atom. The van der Waals surface area contributed by atoms with Crippen molar-refractivity contribution in [1.29, 1.82) is 0 Å². The Labute approximate surface area is 199 Å². The molecule has 12 nitrogen and oxygen atoms in total. The highest BCUT2D eigenvalue weighted by molar-refractivity contribution is 6.01. The number of rotatable bonds is 6. The number of para-hydroxylation sites is 1. The van der Waals surface area contributed by atoms with E-state index in [9.17, 15) is 4.79 Å². The fourth-order valence-corrected chi connectivity index (χ4v) is 4.21. The molecular weight excluding hydrogens is 450 g/mol. The van der Waals surface area contributed by atoms with Gasteiger partial charge in [0.25, 0.3) is 0 Å². The van der Waals surface area contributed by atoms with Crippen LogP contribution in [-0.4, -0.2) is 68.7 Å². The number of fused-ring (bicyclic) bond motifs is 2. The van der Waals surface area contributed by atoms with E-state index in [1.165, 1.54) is 7.11 Å². The topological polar surface area (TPSA) is 139 Å². The van der Waals surface area contributed by atoms with Crippen LogP contribution in [0, 0.1) is 0 Å². The minimum Gasteiger partial charge on any atom is -0.470 e. The Hall–Kier alpha value is -4.45. The molecule has 1 aliphatic rings. The number of anilines is 2. The molecule has 0 spiro atoms. The van der Waals surface area contributed by atoms with E-state index >= 15 is 0 Å². The molecule has 1 aliphatic heterocycles. The zero-order chi connectivity index (χ0) is 23.8. The molecule has 1 saturated heterocycles. The molecule has 178 valence electrons. The first-order valence-corrected chi connectivity index (χ1v) is 11.2. The van der Waals surface area contributed by atoms with Crippen LogP contribution in [0.3, 0.4) is 0 Å². The first-order chi connectivity index (χ1) is 17.2. The van der Waals surface area contributed by atoms with Crippen molar-refractivity contribution >= 4 is 39.9 Å². The van der Waals surface area contributed by atoms with E-state index in [2.05, 4.69) is 30.5 Å². The normalized spacial score (nSPS) is 14.0. The summed E-state index contributed by atoms with van der Waals surface area (Å²) in [5.41, 5.74) is 3.87. The summed E-state index contributed by atoms with van der Waals surface area (Å²) < 4.78 is 12.0. The summed E-state index contributed by atoms with van der Waals surface area (Å²) in [5, 5.41) is 6.72. The summed E-state index contributed by atoms with van der Waals surface area (Å²) in [6.45, 7) is 3.70. The zero-order valence-electron chi connectivity index (χ0n) is 19.0. The fourth-order valence-electron chi connectivity index (χ4n) is 4.21. The highest BCUT2D eigenvalue weighted by atomic mass is 16.5. The Kier molecular flexibility index (Phi) is 5.26. The fraction of sp³-hybridized carbons (Fsp3) is 0.261. The second-order valence-corrected chi connectivity index (χ2v) is 8.11. The summed E-state index contributed by atoms with van der Waals surface area (Å²) >= 11 is 0. The molecule has 1 aromatic carbocycles. The molecule has 5 aromatic rings. The van der Waals surface area contributed by atoms with Crippen LogP contribution in [0.4, 0.5) is 11.8 Å². The third kappa shape index (κ3) is 3.83. The summed E-state index contributed by atoms with van der Waals surface area (Å²) in [6.07, 6.45) is 4.97. The van der Waals surface area contributed by atoms with Gasteiger partial charge in [-0.1, -0.05) is 6.07 Å². The van der Waals surface area contributed by atoms with Gasteiger partial charge in [-0.05, 0) is 12.1 Å². The number of hydrogen-bond donors (Lipinski definition) is 3. The number of H-pyrrole nitrogens is 1. The molecule has 0 atom stereocenters. The predicted molar refractivity (Wildman–Crippen MR) is 129 cm³/mol. The van der Waals surface area contributed by atoms with Gasteiger partial charge in [0, 0.05) is 32.2 Å². The van der Waals surface area contributed by atoms with E-state index in [0.717, 1.165) is 37.4 Å². The largest absolute Gasteiger partial charge is 0.470 e. The molecule has 4 aromatic heterocycles.